The summed E-state index contributed by atoms with van der Waals surface area (Å²) in [5.74, 6) is 0. The number of rotatable bonds is 5. The van der Waals surface area contributed by atoms with E-state index in [-0.39, 0.29) is 5.41 Å². The van der Waals surface area contributed by atoms with Crippen LogP contribution in [-0.2, 0) is 6.54 Å². The van der Waals surface area contributed by atoms with E-state index < -0.39 is 0 Å². The lowest BCUT2D eigenvalue weighted by Crippen LogP contribution is -2.39. The van der Waals surface area contributed by atoms with Crippen LogP contribution in [0.3, 0.4) is 0 Å². The highest BCUT2D eigenvalue weighted by Crippen LogP contribution is 2.36. The molecule has 0 bridgehead atoms. The van der Waals surface area contributed by atoms with Gasteiger partial charge in [0, 0.05) is 29.6 Å². The van der Waals surface area contributed by atoms with Crippen molar-refractivity contribution in [1.29, 1.82) is 0 Å². The van der Waals surface area contributed by atoms with Crippen LogP contribution < -0.4 is 0 Å². The molecule has 3 heteroatoms. The van der Waals surface area contributed by atoms with Gasteiger partial charge in [0.05, 0.1) is 0 Å². The maximum absolute atomic E-state index is 9.77. The number of aliphatic hydroxyl groups excluding tert-OH is 1. The molecule has 0 aromatic heterocycles. The highest BCUT2D eigenvalue weighted by atomic mass is 79.9. The Labute approximate surface area is 124 Å². The minimum atomic E-state index is 0.138. The lowest BCUT2D eigenvalue weighted by atomic mass is 9.74. The molecule has 0 saturated heterocycles. The van der Waals surface area contributed by atoms with Gasteiger partial charge in [-0.2, -0.15) is 0 Å². The standard InChI is InChI=1S/C16H24BrNO/c1-18(11-14-6-5-7-15(17)10-14)12-16(13-19)8-3-2-4-9-16/h5-7,10,19H,2-4,8-9,11-13H2,1H3. The van der Waals surface area contributed by atoms with Crippen molar-refractivity contribution >= 4 is 15.9 Å². The third-order valence-electron chi connectivity index (χ3n) is 4.20. The Kier molecular flexibility index (Phi) is 5.43. The number of hydrogen-bond donors (Lipinski definition) is 1. The quantitative estimate of drug-likeness (QED) is 0.889. The molecule has 106 valence electrons. The third-order valence-corrected chi connectivity index (χ3v) is 4.69. The van der Waals surface area contributed by atoms with Crippen molar-refractivity contribution in [3.05, 3.63) is 34.3 Å². The Morgan fingerprint density at radius 3 is 2.63 bits per heavy atom. The van der Waals surface area contributed by atoms with E-state index in [0.717, 1.165) is 17.6 Å². The predicted octanol–water partition coefficient (Wildman–Crippen LogP) is 3.82. The van der Waals surface area contributed by atoms with Crippen molar-refractivity contribution in [2.75, 3.05) is 20.2 Å². The van der Waals surface area contributed by atoms with Gasteiger partial charge in [-0.25, -0.2) is 0 Å². The number of aliphatic hydroxyl groups is 1. The Hall–Kier alpha value is -0.380. The van der Waals surface area contributed by atoms with E-state index in [1.54, 1.807) is 0 Å². The molecule has 1 aromatic carbocycles. The average molecular weight is 326 g/mol. The first-order valence-corrected chi connectivity index (χ1v) is 7.97. The summed E-state index contributed by atoms with van der Waals surface area (Å²) in [7, 11) is 2.16. The maximum Gasteiger partial charge on any atom is 0.0499 e. The van der Waals surface area contributed by atoms with E-state index in [2.05, 4.69) is 52.1 Å². The van der Waals surface area contributed by atoms with Crippen molar-refractivity contribution in [3.63, 3.8) is 0 Å². The van der Waals surface area contributed by atoms with Crippen LogP contribution in [0.25, 0.3) is 0 Å². The fourth-order valence-electron chi connectivity index (χ4n) is 3.24. The van der Waals surface area contributed by atoms with Crippen LogP contribution in [0.5, 0.6) is 0 Å². The van der Waals surface area contributed by atoms with Gasteiger partial charge in [0.25, 0.3) is 0 Å². The molecule has 19 heavy (non-hydrogen) atoms. The maximum atomic E-state index is 9.77. The number of halogens is 1. The smallest absolute Gasteiger partial charge is 0.0499 e. The average Bonchev–Trinajstić information content (AvgIpc) is 2.39. The molecule has 0 amide bonds. The summed E-state index contributed by atoms with van der Waals surface area (Å²) in [5.41, 5.74) is 1.46. The molecule has 2 nitrogen and oxygen atoms in total. The van der Waals surface area contributed by atoms with E-state index in [9.17, 15) is 5.11 Å². The zero-order valence-electron chi connectivity index (χ0n) is 11.7. The van der Waals surface area contributed by atoms with Crippen LogP contribution in [0.2, 0.25) is 0 Å². The summed E-state index contributed by atoms with van der Waals surface area (Å²) in [6.07, 6.45) is 6.21. The van der Waals surface area contributed by atoms with Crippen molar-refractivity contribution in [3.8, 4) is 0 Å². The lowest BCUT2D eigenvalue weighted by molar-refractivity contribution is 0.0464. The molecule has 1 aromatic rings. The molecule has 1 saturated carbocycles. The summed E-state index contributed by atoms with van der Waals surface area (Å²) in [6, 6.07) is 8.46. The molecule has 0 spiro atoms. The summed E-state index contributed by atoms with van der Waals surface area (Å²) >= 11 is 3.52. The van der Waals surface area contributed by atoms with Crippen LogP contribution in [0.15, 0.2) is 28.7 Å². The minimum absolute atomic E-state index is 0.138. The second kappa shape index (κ2) is 6.87. The van der Waals surface area contributed by atoms with Crippen molar-refractivity contribution in [2.24, 2.45) is 5.41 Å². The van der Waals surface area contributed by atoms with Crippen LogP contribution in [0.4, 0.5) is 0 Å². The van der Waals surface area contributed by atoms with E-state index in [1.165, 1.54) is 37.7 Å². The van der Waals surface area contributed by atoms with Gasteiger partial charge >= 0.3 is 0 Å². The van der Waals surface area contributed by atoms with E-state index >= 15 is 0 Å². The molecule has 0 radical (unpaired) electrons. The summed E-state index contributed by atoms with van der Waals surface area (Å²) < 4.78 is 1.13. The Balaban J connectivity index is 1.94. The molecule has 1 aliphatic rings. The fourth-order valence-corrected chi connectivity index (χ4v) is 3.69. The Bertz CT molecular complexity index is 401. The minimum Gasteiger partial charge on any atom is -0.396 e. The summed E-state index contributed by atoms with van der Waals surface area (Å²) in [6.45, 7) is 2.27. The zero-order chi connectivity index (χ0) is 13.7. The highest BCUT2D eigenvalue weighted by Gasteiger charge is 2.32. The first-order chi connectivity index (χ1) is 9.13. The Morgan fingerprint density at radius 2 is 2.00 bits per heavy atom. The summed E-state index contributed by atoms with van der Waals surface area (Å²) in [4.78, 5) is 2.35. The fraction of sp³-hybridized carbons (Fsp3) is 0.625. The number of nitrogens with zero attached hydrogens (tertiary/aromatic N) is 1. The molecule has 0 atom stereocenters. The predicted molar refractivity (Wildman–Crippen MR) is 83.1 cm³/mol. The van der Waals surface area contributed by atoms with Gasteiger partial charge in [0.15, 0.2) is 0 Å². The van der Waals surface area contributed by atoms with Gasteiger partial charge in [-0.05, 0) is 37.6 Å². The van der Waals surface area contributed by atoms with Gasteiger partial charge in [-0.3, -0.25) is 0 Å². The summed E-state index contributed by atoms with van der Waals surface area (Å²) in [5, 5.41) is 9.77. The number of benzene rings is 1. The normalized spacial score (nSPS) is 18.7. The second-order valence-corrected chi connectivity index (χ2v) is 6.94. The first kappa shape index (κ1) is 15.0. The largest absolute Gasteiger partial charge is 0.396 e. The monoisotopic (exact) mass is 325 g/mol. The topological polar surface area (TPSA) is 23.5 Å². The lowest BCUT2D eigenvalue weighted by Gasteiger charge is -2.38. The van der Waals surface area contributed by atoms with E-state index in [0.29, 0.717) is 6.61 Å². The van der Waals surface area contributed by atoms with Gasteiger partial charge in [0.2, 0.25) is 0 Å². The molecule has 1 aliphatic carbocycles. The van der Waals surface area contributed by atoms with Crippen molar-refractivity contribution < 1.29 is 5.11 Å². The van der Waals surface area contributed by atoms with Crippen LogP contribution in [0, 0.1) is 5.41 Å². The van der Waals surface area contributed by atoms with Crippen molar-refractivity contribution in [2.45, 2.75) is 38.6 Å². The first-order valence-electron chi connectivity index (χ1n) is 7.17. The van der Waals surface area contributed by atoms with Crippen molar-refractivity contribution in [1.82, 2.24) is 4.90 Å². The third kappa shape index (κ3) is 4.30. The molecule has 0 unspecified atom stereocenters. The molecule has 0 heterocycles. The van der Waals surface area contributed by atoms with Crippen LogP contribution >= 0.6 is 15.9 Å². The van der Waals surface area contributed by atoms with E-state index in [1.807, 2.05) is 0 Å². The molecule has 0 aliphatic heterocycles. The number of hydrogen-bond acceptors (Lipinski definition) is 2. The molecule has 1 fully saturated rings. The highest BCUT2D eigenvalue weighted by molar-refractivity contribution is 9.10. The second-order valence-electron chi connectivity index (χ2n) is 6.02. The Morgan fingerprint density at radius 1 is 1.26 bits per heavy atom. The molecule has 1 N–H and O–H groups in total. The molecular formula is C16H24BrNO. The van der Waals surface area contributed by atoms with Gasteiger partial charge in [0.1, 0.15) is 0 Å². The molecular weight excluding hydrogens is 302 g/mol. The van der Waals surface area contributed by atoms with Gasteiger partial charge < -0.3 is 10.0 Å². The van der Waals surface area contributed by atoms with Gasteiger partial charge in [-0.1, -0.05) is 47.3 Å². The zero-order valence-corrected chi connectivity index (χ0v) is 13.3. The molecule has 2 rings (SSSR count). The SMILES string of the molecule is CN(Cc1cccc(Br)c1)CC1(CO)CCCCC1. The van der Waals surface area contributed by atoms with Crippen LogP contribution in [-0.4, -0.2) is 30.2 Å². The van der Waals surface area contributed by atoms with Crippen LogP contribution in [0.1, 0.15) is 37.7 Å². The van der Waals surface area contributed by atoms with E-state index in [4.69, 9.17) is 0 Å². The van der Waals surface area contributed by atoms with Gasteiger partial charge in [-0.15, -0.1) is 0 Å².